The molecule has 0 aliphatic carbocycles. The van der Waals surface area contributed by atoms with Crippen LogP contribution in [0, 0.1) is 18.6 Å². The van der Waals surface area contributed by atoms with Crippen LogP contribution < -0.4 is 5.32 Å². The standard InChI is InChI=1S/C19H17F2N3OS/c1-11(14-8-7-13(20)9-16(14)21)22-18(25)10-26-19-15-5-3-4-6-17(15)23-12(2)24-19/h3-9,11H,10H2,1-2H3,(H,22,25)/t11-/m1/s1. The van der Waals surface area contributed by atoms with Gasteiger partial charge in [-0.05, 0) is 26.0 Å². The minimum absolute atomic E-state index is 0.133. The van der Waals surface area contributed by atoms with Gasteiger partial charge in [0.2, 0.25) is 5.91 Å². The van der Waals surface area contributed by atoms with Crippen LogP contribution in [-0.2, 0) is 4.79 Å². The van der Waals surface area contributed by atoms with Gasteiger partial charge in [0.15, 0.2) is 0 Å². The molecule has 1 amide bonds. The lowest BCUT2D eigenvalue weighted by Gasteiger charge is -2.15. The summed E-state index contributed by atoms with van der Waals surface area (Å²) in [5.41, 5.74) is 1.07. The van der Waals surface area contributed by atoms with Crippen molar-refractivity contribution < 1.29 is 13.6 Å². The van der Waals surface area contributed by atoms with Crippen LogP contribution in [0.3, 0.4) is 0 Å². The summed E-state index contributed by atoms with van der Waals surface area (Å²) in [4.78, 5) is 21.0. The number of hydrogen-bond donors (Lipinski definition) is 1. The largest absolute Gasteiger partial charge is 0.349 e. The molecule has 0 spiro atoms. The molecule has 2 aromatic carbocycles. The SMILES string of the molecule is Cc1nc(SCC(=O)N[C@H](C)c2ccc(F)cc2F)c2ccccc2n1. The maximum Gasteiger partial charge on any atom is 0.230 e. The number of benzene rings is 2. The lowest BCUT2D eigenvalue weighted by atomic mass is 10.1. The molecule has 0 saturated heterocycles. The number of thioether (sulfide) groups is 1. The Morgan fingerprint density at radius 3 is 2.73 bits per heavy atom. The third kappa shape index (κ3) is 4.16. The molecule has 0 radical (unpaired) electrons. The molecular weight excluding hydrogens is 356 g/mol. The average molecular weight is 373 g/mol. The second-order valence-electron chi connectivity index (χ2n) is 5.84. The second kappa shape index (κ2) is 7.78. The third-order valence-electron chi connectivity index (χ3n) is 3.83. The minimum atomic E-state index is -0.678. The van der Waals surface area contributed by atoms with Crippen molar-refractivity contribution in [3.05, 3.63) is 65.5 Å². The fourth-order valence-corrected chi connectivity index (χ4v) is 3.49. The highest BCUT2D eigenvalue weighted by atomic mass is 32.2. The normalized spacial score (nSPS) is 12.2. The number of nitrogens with one attached hydrogen (secondary N) is 1. The van der Waals surface area contributed by atoms with Crippen molar-refractivity contribution in [1.82, 2.24) is 15.3 Å². The van der Waals surface area contributed by atoms with Gasteiger partial charge in [0.25, 0.3) is 0 Å². The summed E-state index contributed by atoms with van der Waals surface area (Å²) in [5, 5.41) is 4.33. The summed E-state index contributed by atoms with van der Waals surface area (Å²) < 4.78 is 26.8. The first-order valence-corrected chi connectivity index (χ1v) is 9.03. The van der Waals surface area contributed by atoms with Crippen LogP contribution in [-0.4, -0.2) is 21.6 Å². The van der Waals surface area contributed by atoms with Crippen molar-refractivity contribution in [2.75, 3.05) is 5.75 Å². The third-order valence-corrected chi connectivity index (χ3v) is 4.82. The van der Waals surface area contributed by atoms with Crippen molar-refractivity contribution in [2.24, 2.45) is 0 Å². The van der Waals surface area contributed by atoms with E-state index >= 15 is 0 Å². The van der Waals surface area contributed by atoms with Crippen LogP contribution in [0.1, 0.15) is 24.4 Å². The number of para-hydroxylation sites is 1. The number of rotatable bonds is 5. The highest BCUT2D eigenvalue weighted by molar-refractivity contribution is 8.00. The summed E-state index contributed by atoms with van der Waals surface area (Å²) in [6.07, 6.45) is 0. The minimum Gasteiger partial charge on any atom is -0.349 e. The number of nitrogens with zero attached hydrogens (tertiary/aromatic N) is 2. The molecule has 1 heterocycles. The van der Waals surface area contributed by atoms with Crippen LogP contribution >= 0.6 is 11.8 Å². The number of amides is 1. The Balaban J connectivity index is 1.68. The predicted octanol–water partition coefficient (Wildman–Crippen LogP) is 4.19. The van der Waals surface area contributed by atoms with E-state index in [-0.39, 0.29) is 17.2 Å². The summed E-state index contributed by atoms with van der Waals surface area (Å²) in [6, 6.07) is 10.4. The van der Waals surface area contributed by atoms with Gasteiger partial charge in [0.05, 0.1) is 17.3 Å². The molecule has 7 heteroatoms. The van der Waals surface area contributed by atoms with Gasteiger partial charge in [0.1, 0.15) is 22.5 Å². The highest BCUT2D eigenvalue weighted by Gasteiger charge is 2.15. The molecule has 3 rings (SSSR count). The molecule has 134 valence electrons. The Morgan fingerprint density at radius 2 is 1.96 bits per heavy atom. The van der Waals surface area contributed by atoms with E-state index in [1.54, 1.807) is 13.8 Å². The van der Waals surface area contributed by atoms with Crippen molar-refractivity contribution >= 4 is 28.6 Å². The van der Waals surface area contributed by atoms with Gasteiger partial charge >= 0.3 is 0 Å². The van der Waals surface area contributed by atoms with Crippen molar-refractivity contribution in [3.63, 3.8) is 0 Å². The van der Waals surface area contributed by atoms with Gasteiger partial charge in [-0.1, -0.05) is 36.0 Å². The lowest BCUT2D eigenvalue weighted by molar-refractivity contribution is -0.119. The van der Waals surface area contributed by atoms with Crippen LogP contribution in [0.25, 0.3) is 10.9 Å². The Morgan fingerprint density at radius 1 is 1.19 bits per heavy atom. The fourth-order valence-electron chi connectivity index (χ4n) is 2.62. The molecule has 1 atom stereocenters. The molecule has 4 nitrogen and oxygen atoms in total. The highest BCUT2D eigenvalue weighted by Crippen LogP contribution is 2.25. The molecular formula is C19H17F2N3OS. The number of fused-ring (bicyclic) bond motifs is 1. The Kier molecular flexibility index (Phi) is 5.46. The van der Waals surface area contributed by atoms with Crippen molar-refractivity contribution in [3.8, 4) is 0 Å². The lowest BCUT2D eigenvalue weighted by Crippen LogP contribution is -2.28. The van der Waals surface area contributed by atoms with Gasteiger partial charge in [-0.25, -0.2) is 18.7 Å². The molecule has 0 aliphatic rings. The van der Waals surface area contributed by atoms with Gasteiger partial charge < -0.3 is 5.32 Å². The quantitative estimate of drug-likeness (QED) is 0.538. The zero-order valence-electron chi connectivity index (χ0n) is 14.3. The van der Waals surface area contributed by atoms with Crippen LogP contribution in [0.2, 0.25) is 0 Å². The van der Waals surface area contributed by atoms with E-state index in [0.29, 0.717) is 5.82 Å². The zero-order chi connectivity index (χ0) is 18.7. The average Bonchev–Trinajstić information content (AvgIpc) is 2.59. The Bertz CT molecular complexity index is 965. The van der Waals surface area contributed by atoms with E-state index in [0.717, 1.165) is 22.0 Å². The summed E-state index contributed by atoms with van der Waals surface area (Å²) >= 11 is 1.30. The van der Waals surface area contributed by atoms with Crippen molar-refractivity contribution in [1.29, 1.82) is 0 Å². The van der Waals surface area contributed by atoms with Gasteiger partial charge in [-0.15, -0.1) is 0 Å². The fraction of sp³-hybridized carbons (Fsp3) is 0.211. The molecule has 1 N–H and O–H groups in total. The monoisotopic (exact) mass is 373 g/mol. The number of carbonyl (C=O) groups excluding carboxylic acids is 1. The molecule has 26 heavy (non-hydrogen) atoms. The number of hydrogen-bond acceptors (Lipinski definition) is 4. The zero-order valence-corrected chi connectivity index (χ0v) is 15.1. The first-order chi connectivity index (χ1) is 12.4. The Labute approximate surface area is 154 Å². The van der Waals surface area contributed by atoms with Crippen molar-refractivity contribution in [2.45, 2.75) is 24.9 Å². The number of aromatic nitrogens is 2. The molecule has 3 aromatic rings. The smallest absolute Gasteiger partial charge is 0.230 e. The van der Waals surface area contributed by atoms with E-state index in [2.05, 4.69) is 15.3 Å². The van der Waals surface area contributed by atoms with E-state index in [1.165, 1.54) is 23.9 Å². The predicted molar refractivity (Wildman–Crippen MR) is 97.9 cm³/mol. The van der Waals surface area contributed by atoms with Crippen LogP contribution in [0.15, 0.2) is 47.5 Å². The number of aryl methyl sites for hydroxylation is 1. The van der Waals surface area contributed by atoms with E-state index in [9.17, 15) is 13.6 Å². The summed E-state index contributed by atoms with van der Waals surface area (Å²) in [5.74, 6) is -0.817. The maximum atomic E-state index is 13.8. The van der Waals surface area contributed by atoms with Crippen LogP contribution in [0.5, 0.6) is 0 Å². The number of halogens is 2. The molecule has 1 aromatic heterocycles. The first kappa shape index (κ1) is 18.3. The first-order valence-electron chi connectivity index (χ1n) is 8.04. The molecule has 0 aliphatic heterocycles. The number of carbonyl (C=O) groups is 1. The van der Waals surface area contributed by atoms with Gasteiger partial charge in [-0.2, -0.15) is 0 Å². The maximum absolute atomic E-state index is 13.8. The second-order valence-corrected chi connectivity index (χ2v) is 6.80. The summed E-state index contributed by atoms with van der Waals surface area (Å²) in [7, 11) is 0. The topological polar surface area (TPSA) is 54.9 Å². The molecule has 0 fully saturated rings. The van der Waals surface area contributed by atoms with Gasteiger partial charge in [-0.3, -0.25) is 4.79 Å². The summed E-state index contributed by atoms with van der Waals surface area (Å²) in [6.45, 7) is 3.46. The molecule has 0 saturated carbocycles. The molecule has 0 bridgehead atoms. The molecule has 0 unspecified atom stereocenters. The Hall–Kier alpha value is -2.54. The van der Waals surface area contributed by atoms with E-state index < -0.39 is 17.7 Å². The van der Waals surface area contributed by atoms with E-state index in [4.69, 9.17) is 0 Å². The van der Waals surface area contributed by atoms with Crippen LogP contribution in [0.4, 0.5) is 8.78 Å². The van der Waals surface area contributed by atoms with E-state index in [1.807, 2.05) is 24.3 Å². The van der Waals surface area contributed by atoms with Gasteiger partial charge in [0, 0.05) is 17.0 Å².